The molecule has 4 heterocycles. The Hall–Kier alpha value is -1.85. The average Bonchev–Trinajstić information content (AvgIpc) is 3.41. The fourth-order valence-corrected chi connectivity index (χ4v) is 6.69. The van der Waals surface area contributed by atoms with Gasteiger partial charge in [-0.15, -0.1) is 11.3 Å². The summed E-state index contributed by atoms with van der Waals surface area (Å²) in [4.78, 5) is 19.7. The predicted octanol–water partition coefficient (Wildman–Crippen LogP) is 4.00. The second-order valence-electron chi connectivity index (χ2n) is 8.17. The number of carbonyl (C=O) groups excluding carboxylic acids is 1. The molecule has 27 heavy (non-hydrogen) atoms. The van der Waals surface area contributed by atoms with Gasteiger partial charge in [-0.25, -0.2) is 0 Å². The second-order valence-corrected chi connectivity index (χ2v) is 9.12. The summed E-state index contributed by atoms with van der Waals surface area (Å²) in [5.74, 6) is 1.67. The van der Waals surface area contributed by atoms with Gasteiger partial charge >= 0.3 is 0 Å². The number of hydrogen-bond donors (Lipinski definition) is 0. The summed E-state index contributed by atoms with van der Waals surface area (Å²) in [6.45, 7) is 4.86. The number of methoxy groups -OCH3 is 1. The van der Waals surface area contributed by atoms with Crippen molar-refractivity contribution in [2.45, 2.75) is 44.3 Å². The Kier molecular flexibility index (Phi) is 4.06. The second kappa shape index (κ2) is 6.35. The minimum atomic E-state index is -0.242. The number of carbonyl (C=O) groups is 1. The molecule has 0 bridgehead atoms. The van der Waals surface area contributed by atoms with Crippen LogP contribution in [0.2, 0.25) is 0 Å². The Morgan fingerprint density at radius 2 is 2.07 bits per heavy atom. The van der Waals surface area contributed by atoms with Gasteiger partial charge in [0.05, 0.1) is 7.11 Å². The van der Waals surface area contributed by atoms with E-state index in [1.165, 1.54) is 16.0 Å². The first-order chi connectivity index (χ1) is 13.1. The van der Waals surface area contributed by atoms with Gasteiger partial charge in [-0.05, 0) is 67.4 Å². The van der Waals surface area contributed by atoms with Gasteiger partial charge in [0, 0.05) is 29.9 Å². The van der Waals surface area contributed by atoms with Gasteiger partial charge in [-0.2, -0.15) is 0 Å². The Morgan fingerprint density at radius 3 is 2.78 bits per heavy atom. The van der Waals surface area contributed by atoms with E-state index in [4.69, 9.17) is 4.74 Å². The van der Waals surface area contributed by atoms with Gasteiger partial charge < -0.3 is 9.64 Å². The molecule has 1 amide bonds. The average molecular weight is 383 g/mol. The van der Waals surface area contributed by atoms with Crippen molar-refractivity contribution in [2.24, 2.45) is 5.92 Å². The molecule has 3 aliphatic rings. The first-order valence-corrected chi connectivity index (χ1v) is 10.7. The number of likely N-dealkylation sites (tertiary alicyclic amines) is 1. The van der Waals surface area contributed by atoms with Gasteiger partial charge in [0.15, 0.2) is 0 Å². The Morgan fingerprint density at radius 1 is 1.26 bits per heavy atom. The largest absolute Gasteiger partial charge is 0.497 e. The molecule has 4 nitrogen and oxygen atoms in total. The van der Waals surface area contributed by atoms with Crippen molar-refractivity contribution in [1.82, 2.24) is 9.80 Å². The van der Waals surface area contributed by atoms with E-state index < -0.39 is 0 Å². The molecule has 1 aromatic carbocycles. The molecule has 5 heteroatoms. The molecule has 1 aromatic heterocycles. The van der Waals surface area contributed by atoms with Gasteiger partial charge in [0.2, 0.25) is 5.91 Å². The zero-order valence-electron chi connectivity index (χ0n) is 16.0. The van der Waals surface area contributed by atoms with E-state index in [9.17, 15) is 4.79 Å². The van der Waals surface area contributed by atoms with E-state index in [1.807, 2.05) is 23.5 Å². The van der Waals surface area contributed by atoms with Crippen molar-refractivity contribution < 1.29 is 9.53 Å². The van der Waals surface area contributed by atoms with E-state index in [0.717, 1.165) is 38.1 Å². The molecular weight excluding hydrogens is 356 g/mol. The lowest BCUT2D eigenvalue weighted by molar-refractivity contribution is -0.137. The molecule has 3 atom stereocenters. The number of amides is 1. The van der Waals surface area contributed by atoms with Crippen LogP contribution >= 0.6 is 11.3 Å². The third-order valence-corrected chi connectivity index (χ3v) is 7.98. The smallest absolute Gasteiger partial charge is 0.243 e. The Labute approximate surface area is 164 Å². The molecular formula is C22H26N2O2S. The number of nitrogens with zero attached hydrogens (tertiary/aromatic N) is 2. The van der Waals surface area contributed by atoms with E-state index in [0.29, 0.717) is 24.4 Å². The van der Waals surface area contributed by atoms with E-state index in [1.54, 1.807) is 7.11 Å². The van der Waals surface area contributed by atoms with Crippen molar-refractivity contribution in [1.29, 1.82) is 0 Å². The van der Waals surface area contributed by atoms with Crippen LogP contribution in [0, 0.1) is 12.8 Å². The quantitative estimate of drug-likeness (QED) is 0.801. The summed E-state index contributed by atoms with van der Waals surface area (Å²) in [6.07, 6.45) is 3.28. The normalized spacial score (nSPS) is 30.0. The van der Waals surface area contributed by atoms with Crippen LogP contribution in [0.1, 0.15) is 41.3 Å². The molecule has 0 N–H and O–H groups in total. The summed E-state index contributed by atoms with van der Waals surface area (Å²) in [6, 6.07) is 10.8. The summed E-state index contributed by atoms with van der Waals surface area (Å²) < 4.78 is 5.25. The molecule has 5 rings (SSSR count). The van der Waals surface area contributed by atoms with E-state index >= 15 is 0 Å². The number of benzene rings is 1. The highest BCUT2D eigenvalue weighted by molar-refractivity contribution is 7.10. The molecule has 3 aliphatic heterocycles. The van der Waals surface area contributed by atoms with Crippen molar-refractivity contribution in [3.63, 3.8) is 0 Å². The maximum atomic E-state index is 13.6. The fourth-order valence-electron chi connectivity index (χ4n) is 5.64. The molecule has 0 unspecified atom stereocenters. The van der Waals surface area contributed by atoms with Gasteiger partial charge in [-0.1, -0.05) is 12.1 Å². The third kappa shape index (κ3) is 2.48. The predicted molar refractivity (Wildman–Crippen MR) is 107 cm³/mol. The standard InChI is InChI=1S/C22H26N2O2S/c1-15-8-11-27-20(15)19-12-17-14-23(13-16-4-6-18(26-2)7-5-16)21(25)22(17)9-3-10-24(19)22/h4-8,11,17,19H,3,9-10,12-14H2,1-2H3/t17-,19-,22-/m0/s1. The lowest BCUT2D eigenvalue weighted by Crippen LogP contribution is -2.49. The highest BCUT2D eigenvalue weighted by Gasteiger charge is 2.65. The number of ether oxygens (including phenoxy) is 1. The van der Waals surface area contributed by atoms with Crippen LogP contribution < -0.4 is 4.74 Å². The summed E-state index contributed by atoms with van der Waals surface area (Å²) in [7, 11) is 1.68. The third-order valence-electron chi connectivity index (χ3n) is 6.86. The molecule has 3 fully saturated rings. The topological polar surface area (TPSA) is 32.8 Å². The van der Waals surface area contributed by atoms with E-state index in [-0.39, 0.29) is 5.54 Å². The Bertz CT molecular complexity index is 861. The van der Waals surface area contributed by atoms with Crippen molar-refractivity contribution in [3.8, 4) is 5.75 Å². The fraction of sp³-hybridized carbons (Fsp3) is 0.500. The highest BCUT2D eigenvalue weighted by atomic mass is 32.1. The molecule has 1 spiro atoms. The van der Waals surface area contributed by atoms with Crippen LogP contribution in [0.25, 0.3) is 0 Å². The monoisotopic (exact) mass is 382 g/mol. The van der Waals surface area contributed by atoms with Crippen LogP contribution in [0.3, 0.4) is 0 Å². The highest BCUT2D eigenvalue weighted by Crippen LogP contribution is 2.57. The zero-order chi connectivity index (χ0) is 18.6. The maximum Gasteiger partial charge on any atom is 0.243 e. The SMILES string of the molecule is COc1ccc(CN2C[C@@H]3C[C@@H](c4sccc4C)N4CCC[C@@]34C2=O)cc1. The molecule has 142 valence electrons. The van der Waals surface area contributed by atoms with Crippen molar-refractivity contribution >= 4 is 17.2 Å². The van der Waals surface area contributed by atoms with Crippen molar-refractivity contribution in [2.75, 3.05) is 20.2 Å². The first-order valence-electron chi connectivity index (χ1n) is 9.86. The molecule has 0 saturated carbocycles. The number of hydrogen-bond acceptors (Lipinski definition) is 4. The van der Waals surface area contributed by atoms with Gasteiger partial charge in [-0.3, -0.25) is 9.69 Å². The van der Waals surface area contributed by atoms with Crippen LogP contribution in [0.5, 0.6) is 5.75 Å². The summed E-state index contributed by atoms with van der Waals surface area (Å²) in [5, 5.41) is 2.19. The Balaban J connectivity index is 1.40. The minimum absolute atomic E-state index is 0.242. The molecule has 0 radical (unpaired) electrons. The number of aryl methyl sites for hydroxylation is 1. The minimum Gasteiger partial charge on any atom is -0.497 e. The number of rotatable bonds is 4. The summed E-state index contributed by atoms with van der Waals surface area (Å²) in [5.41, 5.74) is 2.32. The van der Waals surface area contributed by atoms with Crippen LogP contribution in [-0.4, -0.2) is 41.4 Å². The molecule has 2 aromatic rings. The number of thiophene rings is 1. The van der Waals surface area contributed by atoms with Crippen LogP contribution in [0.15, 0.2) is 35.7 Å². The van der Waals surface area contributed by atoms with Crippen LogP contribution in [-0.2, 0) is 11.3 Å². The van der Waals surface area contributed by atoms with Crippen molar-refractivity contribution in [3.05, 3.63) is 51.7 Å². The summed E-state index contributed by atoms with van der Waals surface area (Å²) >= 11 is 1.86. The van der Waals surface area contributed by atoms with Crippen LogP contribution in [0.4, 0.5) is 0 Å². The first kappa shape index (κ1) is 17.3. The van der Waals surface area contributed by atoms with E-state index in [2.05, 4.69) is 40.3 Å². The molecule has 0 aliphatic carbocycles. The lowest BCUT2D eigenvalue weighted by atomic mass is 9.85. The van der Waals surface area contributed by atoms with Gasteiger partial charge in [0.25, 0.3) is 0 Å². The van der Waals surface area contributed by atoms with Gasteiger partial charge in [0.1, 0.15) is 11.3 Å². The maximum absolute atomic E-state index is 13.6. The molecule has 3 saturated heterocycles. The zero-order valence-corrected chi connectivity index (χ0v) is 16.8. The lowest BCUT2D eigenvalue weighted by Gasteiger charge is -2.33.